The zero-order chi connectivity index (χ0) is 14.3. The van der Waals surface area contributed by atoms with E-state index in [1.54, 1.807) is 0 Å². The average Bonchev–Trinajstić information content (AvgIpc) is 2.87. The predicted molar refractivity (Wildman–Crippen MR) is 78.5 cm³/mol. The van der Waals surface area contributed by atoms with Crippen molar-refractivity contribution in [2.24, 2.45) is 5.73 Å². The van der Waals surface area contributed by atoms with Gasteiger partial charge in [0.2, 0.25) is 0 Å². The van der Waals surface area contributed by atoms with Gasteiger partial charge in [-0.25, -0.2) is 8.78 Å². The predicted octanol–water partition coefficient (Wildman–Crippen LogP) is 4.46. The minimum Gasteiger partial charge on any atom is -0.323 e. The Kier molecular flexibility index (Phi) is 3.61. The summed E-state index contributed by atoms with van der Waals surface area (Å²) in [5.41, 5.74) is 8.49. The Bertz CT molecular complexity index is 657. The molecule has 0 aliphatic heterocycles. The largest absolute Gasteiger partial charge is 0.323 e. The molecule has 4 heteroatoms. The lowest BCUT2D eigenvalue weighted by atomic mass is 9.88. The molecule has 3 rings (SSSR count). The fraction of sp³-hybridized carbons (Fsp3) is 0.250. The summed E-state index contributed by atoms with van der Waals surface area (Å²) in [5, 5.41) is 0. The van der Waals surface area contributed by atoms with Crippen LogP contribution in [-0.4, -0.2) is 0 Å². The van der Waals surface area contributed by atoms with Gasteiger partial charge in [0.05, 0.1) is 4.47 Å². The molecule has 1 aliphatic carbocycles. The van der Waals surface area contributed by atoms with E-state index in [-0.39, 0.29) is 16.0 Å². The lowest BCUT2D eigenvalue weighted by Crippen LogP contribution is -2.21. The molecule has 0 amide bonds. The van der Waals surface area contributed by atoms with Gasteiger partial charge in [-0.2, -0.15) is 0 Å². The molecule has 2 unspecified atom stereocenters. The van der Waals surface area contributed by atoms with E-state index in [0.29, 0.717) is 0 Å². The number of hydrogen-bond acceptors (Lipinski definition) is 1. The lowest BCUT2D eigenvalue weighted by molar-refractivity contribution is 0.475. The summed E-state index contributed by atoms with van der Waals surface area (Å²) in [6, 6.07) is 9.92. The fourth-order valence-corrected chi connectivity index (χ4v) is 3.36. The molecule has 20 heavy (non-hydrogen) atoms. The lowest BCUT2D eigenvalue weighted by Gasteiger charge is -2.22. The topological polar surface area (TPSA) is 26.0 Å². The van der Waals surface area contributed by atoms with Gasteiger partial charge in [-0.1, -0.05) is 24.3 Å². The standard InChI is InChI=1S/C16H14BrF2N/c17-12-7-8-13(18)14(15(12)19)16(20)11-6-5-9-3-1-2-4-10(9)11/h1-4,7-8,11,16H,5-6,20H2. The second-order valence-electron chi connectivity index (χ2n) is 5.13. The van der Waals surface area contributed by atoms with Crippen LogP contribution in [0.5, 0.6) is 0 Å². The van der Waals surface area contributed by atoms with Crippen LogP contribution in [0.15, 0.2) is 40.9 Å². The van der Waals surface area contributed by atoms with Crippen molar-refractivity contribution in [3.05, 3.63) is 69.2 Å². The van der Waals surface area contributed by atoms with Crippen LogP contribution in [-0.2, 0) is 6.42 Å². The maximum Gasteiger partial charge on any atom is 0.145 e. The van der Waals surface area contributed by atoms with E-state index in [4.69, 9.17) is 5.73 Å². The molecule has 2 aromatic carbocycles. The quantitative estimate of drug-likeness (QED) is 0.804. The van der Waals surface area contributed by atoms with Gasteiger partial charge in [-0.05, 0) is 52.0 Å². The molecular formula is C16H14BrF2N. The van der Waals surface area contributed by atoms with Crippen molar-refractivity contribution in [2.75, 3.05) is 0 Å². The number of benzene rings is 2. The van der Waals surface area contributed by atoms with Gasteiger partial charge in [0.15, 0.2) is 0 Å². The zero-order valence-corrected chi connectivity index (χ0v) is 12.3. The summed E-state index contributed by atoms with van der Waals surface area (Å²) in [6.45, 7) is 0. The number of fused-ring (bicyclic) bond motifs is 1. The first-order chi connectivity index (χ1) is 9.59. The van der Waals surface area contributed by atoms with Crippen LogP contribution in [0.3, 0.4) is 0 Å². The van der Waals surface area contributed by atoms with Gasteiger partial charge >= 0.3 is 0 Å². The number of halogens is 3. The molecule has 0 aromatic heterocycles. The molecule has 0 bridgehead atoms. The average molecular weight is 338 g/mol. The monoisotopic (exact) mass is 337 g/mol. The Balaban J connectivity index is 2.03. The maximum atomic E-state index is 14.2. The summed E-state index contributed by atoms with van der Waals surface area (Å²) in [6.07, 6.45) is 1.73. The first-order valence-electron chi connectivity index (χ1n) is 6.56. The Hall–Kier alpha value is -1.26. The van der Waals surface area contributed by atoms with Crippen LogP contribution in [0.1, 0.15) is 35.1 Å². The molecule has 104 valence electrons. The normalized spacial score (nSPS) is 18.9. The highest BCUT2D eigenvalue weighted by Crippen LogP contribution is 2.42. The van der Waals surface area contributed by atoms with E-state index in [2.05, 4.69) is 22.0 Å². The van der Waals surface area contributed by atoms with Crippen molar-refractivity contribution in [3.8, 4) is 0 Å². The van der Waals surface area contributed by atoms with Crippen LogP contribution in [0.2, 0.25) is 0 Å². The molecule has 0 radical (unpaired) electrons. The Labute approximate surface area is 124 Å². The van der Waals surface area contributed by atoms with E-state index < -0.39 is 17.7 Å². The van der Waals surface area contributed by atoms with Crippen LogP contribution in [0.25, 0.3) is 0 Å². The minimum absolute atomic E-state index is 0.0268. The van der Waals surface area contributed by atoms with E-state index in [0.717, 1.165) is 18.4 Å². The van der Waals surface area contributed by atoms with Crippen molar-refractivity contribution in [1.82, 2.24) is 0 Å². The van der Waals surface area contributed by atoms with Crippen molar-refractivity contribution in [2.45, 2.75) is 24.8 Å². The number of aryl methyl sites for hydroxylation is 1. The smallest absolute Gasteiger partial charge is 0.145 e. The van der Waals surface area contributed by atoms with Crippen molar-refractivity contribution in [3.63, 3.8) is 0 Å². The van der Waals surface area contributed by atoms with Gasteiger partial charge in [-0.3, -0.25) is 0 Å². The van der Waals surface area contributed by atoms with Crippen LogP contribution in [0, 0.1) is 11.6 Å². The molecule has 1 nitrogen and oxygen atoms in total. The third-order valence-corrected chi connectivity index (χ3v) is 4.64. The van der Waals surface area contributed by atoms with Gasteiger partial charge < -0.3 is 5.73 Å². The number of rotatable bonds is 2. The molecule has 2 atom stereocenters. The minimum atomic E-state index is -0.670. The van der Waals surface area contributed by atoms with Crippen LogP contribution < -0.4 is 5.73 Å². The maximum absolute atomic E-state index is 14.2. The highest BCUT2D eigenvalue weighted by molar-refractivity contribution is 9.10. The van der Waals surface area contributed by atoms with E-state index >= 15 is 0 Å². The van der Waals surface area contributed by atoms with Gasteiger partial charge in [0.1, 0.15) is 11.6 Å². The molecule has 0 fully saturated rings. The number of hydrogen-bond donors (Lipinski definition) is 1. The third-order valence-electron chi connectivity index (χ3n) is 4.03. The van der Waals surface area contributed by atoms with Crippen molar-refractivity contribution in [1.29, 1.82) is 0 Å². The van der Waals surface area contributed by atoms with Gasteiger partial charge in [-0.15, -0.1) is 0 Å². The first-order valence-corrected chi connectivity index (χ1v) is 7.35. The second-order valence-corrected chi connectivity index (χ2v) is 5.98. The number of nitrogens with two attached hydrogens (primary N) is 1. The summed E-state index contributed by atoms with van der Waals surface area (Å²) >= 11 is 3.09. The summed E-state index contributed by atoms with van der Waals surface area (Å²) < 4.78 is 28.4. The van der Waals surface area contributed by atoms with Crippen molar-refractivity contribution < 1.29 is 8.78 Å². The highest BCUT2D eigenvalue weighted by Gasteiger charge is 2.31. The molecule has 1 aliphatic rings. The summed E-state index contributed by atoms with van der Waals surface area (Å²) in [4.78, 5) is 0. The van der Waals surface area contributed by atoms with Crippen molar-refractivity contribution >= 4 is 15.9 Å². The molecule has 2 N–H and O–H groups in total. The third kappa shape index (κ3) is 2.17. The second kappa shape index (κ2) is 5.26. The van der Waals surface area contributed by atoms with Gasteiger partial charge in [0, 0.05) is 17.5 Å². The SMILES string of the molecule is NC(c1c(F)ccc(Br)c1F)C1CCc2ccccc21. The fourth-order valence-electron chi connectivity index (χ4n) is 3.01. The highest BCUT2D eigenvalue weighted by atomic mass is 79.9. The molecule has 2 aromatic rings. The molecule has 0 spiro atoms. The summed E-state index contributed by atoms with van der Waals surface area (Å²) in [7, 11) is 0. The Morgan fingerprint density at radius 1 is 1.15 bits per heavy atom. The Morgan fingerprint density at radius 2 is 1.90 bits per heavy atom. The van der Waals surface area contributed by atoms with Gasteiger partial charge in [0.25, 0.3) is 0 Å². The van der Waals surface area contributed by atoms with E-state index in [1.807, 2.05) is 18.2 Å². The molecule has 0 saturated heterocycles. The first kappa shape index (κ1) is 13.7. The molecular weight excluding hydrogens is 324 g/mol. The molecule has 0 heterocycles. The van der Waals surface area contributed by atoms with Crippen LogP contribution >= 0.6 is 15.9 Å². The van der Waals surface area contributed by atoms with E-state index in [1.165, 1.54) is 17.7 Å². The zero-order valence-electron chi connectivity index (χ0n) is 10.7. The molecule has 0 saturated carbocycles. The van der Waals surface area contributed by atoms with Crippen LogP contribution in [0.4, 0.5) is 8.78 Å². The van der Waals surface area contributed by atoms with E-state index in [9.17, 15) is 8.78 Å². The summed E-state index contributed by atoms with van der Waals surface area (Å²) in [5.74, 6) is -1.21. The Morgan fingerprint density at radius 3 is 2.70 bits per heavy atom.